The van der Waals surface area contributed by atoms with Gasteiger partial charge in [-0.15, -0.1) is 0 Å². The smallest absolute Gasteiger partial charge is 0.267 e. The van der Waals surface area contributed by atoms with Crippen LogP contribution in [0.15, 0.2) is 24.3 Å². The topological polar surface area (TPSA) is 34.9 Å². The van der Waals surface area contributed by atoms with Crippen LogP contribution in [0.25, 0.3) is 0 Å². The van der Waals surface area contributed by atoms with E-state index in [9.17, 15) is 4.79 Å². The van der Waals surface area contributed by atoms with E-state index < -0.39 is 0 Å². The number of aryl methyl sites for hydroxylation is 1. The molecule has 0 N–H and O–H groups in total. The van der Waals surface area contributed by atoms with E-state index in [0.29, 0.717) is 5.56 Å². The number of halogens is 1. The lowest BCUT2D eigenvalue weighted by molar-refractivity contribution is 0.0942. The van der Waals surface area contributed by atoms with Crippen molar-refractivity contribution in [3.63, 3.8) is 0 Å². The summed E-state index contributed by atoms with van der Waals surface area (Å²) < 4.78 is 2.57. The number of carbonyl (C=O) groups is 1. The molecule has 3 nitrogen and oxygen atoms in total. The van der Waals surface area contributed by atoms with Crippen molar-refractivity contribution >= 4 is 28.5 Å². The second-order valence-corrected chi connectivity index (χ2v) is 5.48. The Bertz CT molecular complexity index is 602. The molecule has 0 aliphatic rings. The van der Waals surface area contributed by atoms with Crippen molar-refractivity contribution in [2.24, 2.45) is 0 Å². The van der Waals surface area contributed by atoms with Gasteiger partial charge in [-0.3, -0.25) is 4.79 Å². The zero-order valence-corrected chi connectivity index (χ0v) is 12.9. The van der Waals surface area contributed by atoms with Gasteiger partial charge in [0.15, 0.2) is 0 Å². The van der Waals surface area contributed by atoms with Gasteiger partial charge in [0.25, 0.3) is 5.91 Å². The van der Waals surface area contributed by atoms with Gasteiger partial charge in [-0.1, -0.05) is 13.0 Å². The van der Waals surface area contributed by atoms with Crippen LogP contribution in [-0.2, 0) is 6.42 Å². The predicted octanol–water partition coefficient (Wildman–Crippen LogP) is 3.36. The lowest BCUT2D eigenvalue weighted by Gasteiger charge is -2.04. The van der Waals surface area contributed by atoms with Gasteiger partial charge in [-0.2, -0.15) is 5.10 Å². The first-order valence-electron chi connectivity index (χ1n) is 5.90. The van der Waals surface area contributed by atoms with Crippen LogP contribution in [0.4, 0.5) is 0 Å². The number of hydrogen-bond donors (Lipinski definition) is 0. The Labute approximate surface area is 120 Å². The van der Waals surface area contributed by atoms with E-state index in [0.717, 1.165) is 26.9 Å². The van der Waals surface area contributed by atoms with Crippen LogP contribution in [0.1, 0.15) is 34.2 Å². The van der Waals surface area contributed by atoms with Gasteiger partial charge >= 0.3 is 0 Å². The molecule has 0 unspecified atom stereocenters. The van der Waals surface area contributed by atoms with Gasteiger partial charge < -0.3 is 0 Å². The van der Waals surface area contributed by atoms with Gasteiger partial charge in [-0.05, 0) is 66.6 Å². The first-order valence-corrected chi connectivity index (χ1v) is 6.97. The second kappa shape index (κ2) is 5.22. The van der Waals surface area contributed by atoms with Crippen LogP contribution in [0.5, 0.6) is 0 Å². The molecule has 0 saturated heterocycles. The molecule has 1 aromatic heterocycles. The molecule has 94 valence electrons. The molecule has 0 atom stereocenters. The molecule has 0 spiro atoms. The summed E-state index contributed by atoms with van der Waals surface area (Å²) in [6.07, 6.45) is 0.900. The van der Waals surface area contributed by atoms with Crippen molar-refractivity contribution in [1.29, 1.82) is 0 Å². The molecular weight excluding hydrogens is 339 g/mol. The van der Waals surface area contributed by atoms with Crippen LogP contribution < -0.4 is 0 Å². The van der Waals surface area contributed by atoms with Crippen molar-refractivity contribution in [3.05, 3.63) is 50.4 Å². The average Bonchev–Trinajstić information content (AvgIpc) is 2.63. The Morgan fingerprint density at radius 2 is 2.11 bits per heavy atom. The van der Waals surface area contributed by atoms with E-state index in [1.165, 1.54) is 4.68 Å². The standard InChI is InChI=1S/C14H15IN2O/c1-4-13-9(2)16-17(10(13)3)14(18)11-6-5-7-12(15)8-11/h5-8H,4H2,1-3H3. The second-order valence-electron chi connectivity index (χ2n) is 4.23. The summed E-state index contributed by atoms with van der Waals surface area (Å²) in [4.78, 5) is 12.4. The zero-order valence-electron chi connectivity index (χ0n) is 10.7. The summed E-state index contributed by atoms with van der Waals surface area (Å²) in [5.41, 5.74) is 3.72. The number of benzene rings is 1. The zero-order chi connectivity index (χ0) is 13.3. The molecule has 2 rings (SSSR count). The summed E-state index contributed by atoms with van der Waals surface area (Å²) >= 11 is 2.20. The van der Waals surface area contributed by atoms with Crippen LogP contribution in [-0.4, -0.2) is 15.7 Å². The fourth-order valence-electron chi connectivity index (χ4n) is 2.13. The molecule has 0 bridgehead atoms. The molecule has 0 saturated carbocycles. The third kappa shape index (κ3) is 2.34. The summed E-state index contributed by atoms with van der Waals surface area (Å²) in [7, 11) is 0. The Hall–Kier alpha value is -1.17. The predicted molar refractivity (Wildman–Crippen MR) is 80.0 cm³/mol. The molecule has 0 amide bonds. The summed E-state index contributed by atoms with van der Waals surface area (Å²) in [5.74, 6) is -0.0613. The highest BCUT2D eigenvalue weighted by molar-refractivity contribution is 14.1. The van der Waals surface area contributed by atoms with Crippen LogP contribution in [0.3, 0.4) is 0 Å². The Kier molecular flexibility index (Phi) is 3.85. The van der Waals surface area contributed by atoms with E-state index in [1.807, 2.05) is 38.1 Å². The minimum Gasteiger partial charge on any atom is -0.267 e. The highest BCUT2D eigenvalue weighted by Crippen LogP contribution is 2.16. The highest BCUT2D eigenvalue weighted by Gasteiger charge is 2.16. The quantitative estimate of drug-likeness (QED) is 0.776. The minimum atomic E-state index is -0.0613. The van der Waals surface area contributed by atoms with Gasteiger partial charge in [0.2, 0.25) is 0 Å². The molecule has 2 aromatic rings. The molecule has 4 heteroatoms. The maximum absolute atomic E-state index is 12.4. The van der Waals surface area contributed by atoms with Gasteiger partial charge in [-0.25, -0.2) is 4.68 Å². The molecule has 0 fully saturated rings. The minimum absolute atomic E-state index is 0.0613. The van der Waals surface area contributed by atoms with Gasteiger partial charge in [0, 0.05) is 14.8 Å². The van der Waals surface area contributed by atoms with Crippen molar-refractivity contribution in [3.8, 4) is 0 Å². The fraction of sp³-hybridized carbons (Fsp3) is 0.286. The van der Waals surface area contributed by atoms with Crippen molar-refractivity contribution in [2.75, 3.05) is 0 Å². The van der Waals surface area contributed by atoms with Crippen molar-refractivity contribution in [1.82, 2.24) is 9.78 Å². The maximum Gasteiger partial charge on any atom is 0.278 e. The molecule has 18 heavy (non-hydrogen) atoms. The van der Waals surface area contributed by atoms with Crippen molar-refractivity contribution < 1.29 is 4.79 Å². The summed E-state index contributed by atoms with van der Waals surface area (Å²) in [5, 5.41) is 4.35. The monoisotopic (exact) mass is 354 g/mol. The van der Waals surface area contributed by atoms with E-state index >= 15 is 0 Å². The SMILES string of the molecule is CCc1c(C)nn(C(=O)c2cccc(I)c2)c1C. The number of hydrogen-bond acceptors (Lipinski definition) is 2. The van der Waals surface area contributed by atoms with E-state index in [4.69, 9.17) is 0 Å². The molecule has 1 heterocycles. The Balaban J connectivity index is 2.47. The Morgan fingerprint density at radius 3 is 2.67 bits per heavy atom. The lowest BCUT2D eigenvalue weighted by Crippen LogP contribution is -2.15. The fourth-order valence-corrected chi connectivity index (χ4v) is 2.67. The number of aromatic nitrogens is 2. The molecule has 1 aromatic carbocycles. The summed E-state index contributed by atoms with van der Waals surface area (Å²) in [6, 6.07) is 7.56. The summed E-state index contributed by atoms with van der Waals surface area (Å²) in [6.45, 7) is 5.98. The molecular formula is C14H15IN2O. The van der Waals surface area contributed by atoms with Gasteiger partial charge in [0.05, 0.1) is 5.69 Å². The third-order valence-electron chi connectivity index (χ3n) is 3.06. The first kappa shape index (κ1) is 13.3. The third-order valence-corrected chi connectivity index (χ3v) is 3.73. The largest absolute Gasteiger partial charge is 0.278 e. The van der Waals surface area contributed by atoms with E-state index in [2.05, 4.69) is 34.6 Å². The molecule has 0 radical (unpaired) electrons. The molecule has 0 aliphatic heterocycles. The molecule has 0 aliphatic carbocycles. The van der Waals surface area contributed by atoms with E-state index in [1.54, 1.807) is 0 Å². The van der Waals surface area contributed by atoms with Gasteiger partial charge in [0.1, 0.15) is 0 Å². The Morgan fingerprint density at radius 1 is 1.39 bits per heavy atom. The van der Waals surface area contributed by atoms with Crippen LogP contribution in [0, 0.1) is 17.4 Å². The normalized spacial score (nSPS) is 10.7. The maximum atomic E-state index is 12.4. The lowest BCUT2D eigenvalue weighted by atomic mass is 10.1. The van der Waals surface area contributed by atoms with Crippen LogP contribution in [0.2, 0.25) is 0 Å². The number of carbonyl (C=O) groups excluding carboxylic acids is 1. The van der Waals surface area contributed by atoms with Crippen molar-refractivity contribution in [2.45, 2.75) is 27.2 Å². The average molecular weight is 354 g/mol. The van der Waals surface area contributed by atoms with E-state index in [-0.39, 0.29) is 5.91 Å². The van der Waals surface area contributed by atoms with Crippen LogP contribution >= 0.6 is 22.6 Å². The first-order chi connectivity index (χ1) is 8.54. The highest BCUT2D eigenvalue weighted by atomic mass is 127. The number of nitrogens with zero attached hydrogens (tertiary/aromatic N) is 2. The number of rotatable bonds is 2.